The molecule has 1 heterocycles. The van der Waals surface area contributed by atoms with E-state index in [0.717, 1.165) is 16.3 Å². The third-order valence-electron chi connectivity index (χ3n) is 4.55. The normalized spacial score (nSPS) is 13.2. The second kappa shape index (κ2) is 18.4. The van der Waals surface area contributed by atoms with E-state index >= 15 is 0 Å². The van der Waals surface area contributed by atoms with Crippen molar-refractivity contribution >= 4 is 59.3 Å². The molecule has 9 nitrogen and oxygen atoms in total. The molecule has 1 aliphatic rings. The van der Waals surface area contributed by atoms with Crippen LogP contribution in [0.25, 0.3) is 10.8 Å². The van der Waals surface area contributed by atoms with Gasteiger partial charge >= 0.3 is 0 Å². The molecule has 1 fully saturated rings. The van der Waals surface area contributed by atoms with Crippen LogP contribution in [0.4, 0.5) is 0 Å². The van der Waals surface area contributed by atoms with Gasteiger partial charge in [-0.25, -0.2) is 4.72 Å². The Morgan fingerprint density at radius 1 is 1.21 bits per heavy atom. The van der Waals surface area contributed by atoms with Gasteiger partial charge in [0.1, 0.15) is 6.04 Å². The van der Waals surface area contributed by atoms with Crippen molar-refractivity contribution in [2.24, 2.45) is 0 Å². The first-order valence-corrected chi connectivity index (χ1v) is 14.3. The zero-order chi connectivity index (χ0) is 25.2. The molecule has 0 radical (unpaired) electrons. The van der Waals surface area contributed by atoms with Gasteiger partial charge in [-0.3, -0.25) is 14.4 Å². The van der Waals surface area contributed by atoms with Crippen molar-refractivity contribution in [3.05, 3.63) is 48.0 Å². The van der Waals surface area contributed by atoms with Crippen LogP contribution < -0.4 is 20.7 Å². The first-order chi connectivity index (χ1) is 16.6. The number of hydrogen-bond acceptors (Lipinski definition) is 7. The molecule has 2 aromatic rings. The number of rotatable bonds is 11. The van der Waals surface area contributed by atoms with Crippen LogP contribution in [0.3, 0.4) is 0 Å². The highest BCUT2D eigenvalue weighted by atomic mass is 127. The first kappa shape index (κ1) is 30.1. The second-order valence-corrected chi connectivity index (χ2v) is 8.61. The average Bonchev–Trinajstić information content (AvgIpc) is 2.84. The highest BCUT2D eigenvalue weighted by Crippen LogP contribution is 2.18. The molecule has 4 N–H and O–H groups in total. The fourth-order valence-electron chi connectivity index (χ4n) is 2.87. The van der Waals surface area contributed by atoms with Gasteiger partial charge in [0, 0.05) is 34.9 Å². The van der Waals surface area contributed by atoms with Crippen LogP contribution in [-0.2, 0) is 30.4 Å². The molecule has 0 bridgehead atoms. The van der Waals surface area contributed by atoms with Gasteiger partial charge in [0.05, 0.1) is 32.4 Å². The summed E-state index contributed by atoms with van der Waals surface area (Å²) in [6.07, 6.45) is 0.702. The fourth-order valence-corrected chi connectivity index (χ4v) is 3.52. The van der Waals surface area contributed by atoms with Crippen LogP contribution in [0.5, 0.6) is 0 Å². The van der Waals surface area contributed by atoms with E-state index in [0.29, 0.717) is 26.2 Å². The highest BCUT2D eigenvalue weighted by Gasteiger charge is 2.20. The highest BCUT2D eigenvalue weighted by molar-refractivity contribution is 14.2. The topological polar surface area (TPSA) is 118 Å². The van der Waals surface area contributed by atoms with Gasteiger partial charge < -0.3 is 25.4 Å². The molecule has 11 heteroatoms. The lowest BCUT2D eigenvalue weighted by molar-refractivity contribution is -0.129. The molecule has 1 unspecified atom stereocenters. The molecule has 0 spiro atoms. The fraction of sp³-hybridized carbons (Fsp3) is 0.435. The minimum Gasteiger partial charge on any atom is -0.382 e. The number of methoxy groups -OCH3 is 1. The van der Waals surface area contributed by atoms with Gasteiger partial charge in [-0.05, 0) is 25.5 Å². The van der Waals surface area contributed by atoms with Gasteiger partial charge in [-0.1, -0.05) is 56.3 Å². The van der Waals surface area contributed by atoms with Gasteiger partial charge in [-0.15, -0.1) is 0 Å². The minimum atomic E-state index is -0.728. The summed E-state index contributed by atoms with van der Waals surface area (Å²) >= 11 is 2.03. The average molecular weight is 605 g/mol. The molecular formula is C23H33IN4O5S. The lowest BCUT2D eigenvalue weighted by Gasteiger charge is -2.24. The van der Waals surface area contributed by atoms with Crippen molar-refractivity contribution in [3.63, 3.8) is 0 Å². The van der Waals surface area contributed by atoms with Crippen molar-refractivity contribution < 1.29 is 23.9 Å². The van der Waals surface area contributed by atoms with Crippen LogP contribution in [0.2, 0.25) is 0 Å². The summed E-state index contributed by atoms with van der Waals surface area (Å²) < 4.78 is 12.6. The predicted molar refractivity (Wildman–Crippen MR) is 144 cm³/mol. The largest absolute Gasteiger partial charge is 0.382 e. The molecule has 0 aliphatic carbocycles. The number of ether oxygens (including phenoxy) is 2. The van der Waals surface area contributed by atoms with Crippen LogP contribution in [0.15, 0.2) is 42.5 Å². The van der Waals surface area contributed by atoms with E-state index < -0.39 is 6.04 Å². The SMILES string of the molecule is CC.COCC(NC(=O)CNSI)C(=O)NCc1cccc2ccccc12.O=CNC1COC1. The number of hydrogen-bond donors (Lipinski definition) is 4. The Morgan fingerprint density at radius 2 is 1.91 bits per heavy atom. The molecule has 2 aromatic carbocycles. The predicted octanol–water partition coefficient (Wildman–Crippen LogP) is 2.33. The summed E-state index contributed by atoms with van der Waals surface area (Å²) in [5, 5.41) is 10.3. The zero-order valence-corrected chi connectivity index (χ0v) is 22.6. The van der Waals surface area contributed by atoms with E-state index in [-0.39, 0.29) is 31.0 Å². The van der Waals surface area contributed by atoms with Crippen LogP contribution in [-0.4, -0.2) is 63.8 Å². The number of amides is 3. The summed E-state index contributed by atoms with van der Waals surface area (Å²) in [5.41, 5.74) is 1.02. The summed E-state index contributed by atoms with van der Waals surface area (Å²) in [5.74, 6) is -0.531. The summed E-state index contributed by atoms with van der Waals surface area (Å²) in [7, 11) is 2.81. The van der Waals surface area contributed by atoms with E-state index in [1.54, 1.807) is 0 Å². The van der Waals surface area contributed by atoms with Crippen molar-refractivity contribution in [1.29, 1.82) is 0 Å². The number of fused-ring (bicyclic) bond motifs is 1. The van der Waals surface area contributed by atoms with Crippen LogP contribution >= 0.6 is 30.3 Å². The Hall–Kier alpha value is -1.93. The molecule has 0 aromatic heterocycles. The van der Waals surface area contributed by atoms with Crippen molar-refractivity contribution in [2.45, 2.75) is 32.5 Å². The number of carbonyl (C=O) groups is 3. The van der Waals surface area contributed by atoms with E-state index in [4.69, 9.17) is 9.47 Å². The number of nitrogens with one attached hydrogen (secondary N) is 4. The molecule has 0 saturated carbocycles. The standard InChI is InChI=1S/C17H20IN3O3S.C4H7NO2.C2H6/c1-24-11-15(21-16(22)10-20-25-18)17(23)19-9-13-7-4-6-12-5-2-3-8-14(12)13;6-3-5-4-1-7-2-4;1-2/h2-8,15,20H,9-11H2,1H3,(H,19,23)(H,21,22);3-4H,1-2H2,(H,5,6);1-2H3. The van der Waals surface area contributed by atoms with Crippen LogP contribution in [0, 0.1) is 0 Å². The number of benzene rings is 2. The Bertz CT molecular complexity index is 880. The summed E-state index contributed by atoms with van der Waals surface area (Å²) in [4.78, 5) is 33.9. The first-order valence-electron chi connectivity index (χ1n) is 10.9. The molecule has 3 amide bonds. The van der Waals surface area contributed by atoms with E-state index in [1.807, 2.05) is 77.5 Å². The van der Waals surface area contributed by atoms with E-state index in [2.05, 4.69) is 20.7 Å². The molecule has 1 aliphatic heterocycles. The zero-order valence-electron chi connectivity index (χ0n) is 19.6. The maximum atomic E-state index is 12.4. The van der Waals surface area contributed by atoms with Crippen LogP contribution in [0.1, 0.15) is 19.4 Å². The van der Waals surface area contributed by atoms with E-state index in [1.165, 1.54) is 16.2 Å². The van der Waals surface area contributed by atoms with Crippen molar-refractivity contribution in [3.8, 4) is 0 Å². The second-order valence-electron chi connectivity index (χ2n) is 6.85. The quantitative estimate of drug-likeness (QED) is 0.177. The third-order valence-corrected chi connectivity index (χ3v) is 5.73. The third kappa shape index (κ3) is 11.0. The minimum absolute atomic E-state index is 0.116. The molecule has 3 rings (SSSR count). The van der Waals surface area contributed by atoms with Gasteiger partial charge in [0.25, 0.3) is 0 Å². The van der Waals surface area contributed by atoms with Gasteiger partial charge in [-0.2, -0.15) is 0 Å². The monoisotopic (exact) mass is 604 g/mol. The molecule has 188 valence electrons. The lowest BCUT2D eigenvalue weighted by atomic mass is 10.0. The Balaban J connectivity index is 0.000000540. The smallest absolute Gasteiger partial charge is 0.245 e. The number of carbonyl (C=O) groups excluding carboxylic acids is 3. The summed E-state index contributed by atoms with van der Waals surface area (Å²) in [6, 6.07) is 13.6. The Kier molecular flexibility index (Phi) is 16.3. The summed E-state index contributed by atoms with van der Waals surface area (Å²) in [6.45, 7) is 5.99. The Labute approximate surface area is 217 Å². The number of halogens is 1. The van der Waals surface area contributed by atoms with E-state index in [9.17, 15) is 14.4 Å². The lowest BCUT2D eigenvalue weighted by Crippen LogP contribution is -2.50. The maximum absolute atomic E-state index is 12.4. The van der Waals surface area contributed by atoms with Crippen molar-refractivity contribution in [1.82, 2.24) is 20.7 Å². The maximum Gasteiger partial charge on any atom is 0.245 e. The molecule has 34 heavy (non-hydrogen) atoms. The molecule has 1 atom stereocenters. The molecule has 1 saturated heterocycles. The van der Waals surface area contributed by atoms with Crippen molar-refractivity contribution in [2.75, 3.05) is 33.5 Å². The Morgan fingerprint density at radius 3 is 2.50 bits per heavy atom. The van der Waals surface area contributed by atoms with Gasteiger partial charge in [0.2, 0.25) is 18.2 Å². The molecular weight excluding hydrogens is 571 g/mol. The van der Waals surface area contributed by atoms with Gasteiger partial charge in [0.15, 0.2) is 0 Å².